The molecule has 0 atom stereocenters. The summed E-state index contributed by atoms with van der Waals surface area (Å²) in [5, 5.41) is 2.32. The van der Waals surface area contributed by atoms with E-state index in [0.717, 1.165) is 13.2 Å². The number of ether oxygens (including phenoxy) is 5. The van der Waals surface area contributed by atoms with Gasteiger partial charge in [0.2, 0.25) is 17.3 Å². The predicted octanol–water partition coefficient (Wildman–Crippen LogP) is 5.94. The maximum atomic E-state index is 15.3. The van der Waals surface area contributed by atoms with E-state index in [1.165, 1.54) is 18.3 Å². The number of pyridine rings is 1. The maximum Gasteiger partial charge on any atom is 0.586 e. The highest BCUT2D eigenvalue weighted by Crippen LogP contribution is 2.49. The number of halogens is 7. The van der Waals surface area contributed by atoms with Gasteiger partial charge in [-0.15, -0.1) is 22.0 Å². The maximum absolute atomic E-state index is 15.3. The number of fused-ring (bicyclic) bond motifs is 1. The second-order valence-corrected chi connectivity index (χ2v) is 7.26. The molecular formula is C22H13F7N2O6. The van der Waals surface area contributed by atoms with Gasteiger partial charge in [0.25, 0.3) is 5.91 Å². The molecule has 0 unspecified atom stereocenters. The minimum Gasteiger partial charge on any atom is -0.490 e. The number of nitrogens with one attached hydrogen (secondary N) is 1. The zero-order valence-corrected chi connectivity index (χ0v) is 18.5. The van der Waals surface area contributed by atoms with Crippen LogP contribution in [0.4, 0.5) is 36.4 Å². The fourth-order valence-electron chi connectivity index (χ4n) is 3.25. The quantitative estimate of drug-likeness (QED) is 0.392. The van der Waals surface area contributed by atoms with Gasteiger partial charge in [-0.2, -0.15) is 4.39 Å². The van der Waals surface area contributed by atoms with Gasteiger partial charge in [0.15, 0.2) is 23.1 Å². The molecule has 1 aliphatic heterocycles. The number of hydrogen-bond donors (Lipinski definition) is 1. The van der Waals surface area contributed by atoms with Crippen molar-refractivity contribution in [1.29, 1.82) is 0 Å². The third-order valence-electron chi connectivity index (χ3n) is 4.66. The lowest BCUT2D eigenvalue weighted by Gasteiger charge is -2.17. The molecule has 15 heteroatoms. The summed E-state index contributed by atoms with van der Waals surface area (Å²) in [5.41, 5.74) is -0.364. The van der Waals surface area contributed by atoms with Crippen LogP contribution in [0.3, 0.4) is 0 Å². The molecule has 0 radical (unpaired) electrons. The molecule has 2 aromatic carbocycles. The van der Waals surface area contributed by atoms with Crippen molar-refractivity contribution in [1.82, 2.24) is 4.98 Å². The molecule has 1 amide bonds. The molecular weight excluding hydrogens is 521 g/mol. The average molecular weight is 534 g/mol. The lowest BCUT2D eigenvalue weighted by molar-refractivity contribution is -0.287. The molecule has 3 aromatic rings. The first-order valence-corrected chi connectivity index (χ1v) is 9.94. The molecule has 0 spiro atoms. The normalized spacial score (nSPS) is 13.8. The highest BCUT2D eigenvalue weighted by molar-refractivity contribution is 6.07. The van der Waals surface area contributed by atoms with E-state index in [1.807, 2.05) is 0 Å². The molecule has 8 nitrogen and oxygen atoms in total. The Morgan fingerprint density at radius 3 is 2.38 bits per heavy atom. The summed E-state index contributed by atoms with van der Waals surface area (Å²) in [5.74, 6) is -10.1. The van der Waals surface area contributed by atoms with Crippen LogP contribution in [0, 0.1) is 18.6 Å². The fourth-order valence-corrected chi connectivity index (χ4v) is 3.25. The monoisotopic (exact) mass is 534 g/mol. The van der Waals surface area contributed by atoms with Crippen molar-refractivity contribution in [3.8, 4) is 34.5 Å². The lowest BCUT2D eigenvalue weighted by atomic mass is 10.1. The third-order valence-corrected chi connectivity index (χ3v) is 4.66. The topological polar surface area (TPSA) is 88.1 Å². The van der Waals surface area contributed by atoms with E-state index in [9.17, 15) is 31.1 Å². The minimum absolute atomic E-state index is 0.142. The Labute approximate surface area is 202 Å². The summed E-state index contributed by atoms with van der Waals surface area (Å²) in [7, 11) is 0.878. The van der Waals surface area contributed by atoms with E-state index < -0.39 is 70.3 Å². The molecule has 1 aromatic heterocycles. The van der Waals surface area contributed by atoms with Crippen LogP contribution in [-0.4, -0.2) is 30.7 Å². The largest absolute Gasteiger partial charge is 0.586 e. The lowest BCUT2D eigenvalue weighted by Crippen LogP contribution is -2.26. The third kappa shape index (κ3) is 5.39. The van der Waals surface area contributed by atoms with E-state index in [2.05, 4.69) is 24.5 Å². The first-order valence-electron chi connectivity index (χ1n) is 9.94. The first kappa shape index (κ1) is 25.7. The molecule has 196 valence electrons. The second kappa shape index (κ2) is 9.22. The number of benzene rings is 2. The Hall–Kier alpha value is -4.43. The molecule has 1 aliphatic rings. The molecule has 2 heterocycles. The molecule has 0 saturated heterocycles. The van der Waals surface area contributed by atoms with Crippen molar-refractivity contribution in [3.63, 3.8) is 0 Å². The second-order valence-electron chi connectivity index (χ2n) is 7.26. The summed E-state index contributed by atoms with van der Waals surface area (Å²) < 4.78 is 117. The van der Waals surface area contributed by atoms with Crippen LogP contribution in [0.5, 0.6) is 34.5 Å². The SMILES string of the molecule is COc1c(Oc2cc3c(c(F)c2C(=O)Nc2ccnc(C)c2)OC(F)(F)O3)ccc(OC(F)(F)F)c1F. The van der Waals surface area contributed by atoms with Crippen LogP contribution in [0.25, 0.3) is 0 Å². The first-order chi connectivity index (χ1) is 17.3. The Balaban J connectivity index is 1.79. The van der Waals surface area contributed by atoms with Gasteiger partial charge in [0, 0.05) is 23.6 Å². The van der Waals surface area contributed by atoms with Gasteiger partial charge >= 0.3 is 12.7 Å². The van der Waals surface area contributed by atoms with Crippen molar-refractivity contribution in [3.05, 3.63) is 59.4 Å². The van der Waals surface area contributed by atoms with Crippen LogP contribution in [0.2, 0.25) is 0 Å². The van der Waals surface area contributed by atoms with Crippen molar-refractivity contribution in [2.45, 2.75) is 19.6 Å². The predicted molar refractivity (Wildman–Crippen MR) is 109 cm³/mol. The summed E-state index contributed by atoms with van der Waals surface area (Å²) in [6, 6.07) is 4.70. The van der Waals surface area contributed by atoms with Crippen molar-refractivity contribution < 1.29 is 59.2 Å². The molecule has 0 fully saturated rings. The number of carbonyl (C=O) groups is 1. The van der Waals surface area contributed by atoms with Gasteiger partial charge in [-0.3, -0.25) is 9.78 Å². The summed E-state index contributed by atoms with van der Waals surface area (Å²) in [6.45, 7) is 1.60. The average Bonchev–Trinajstić information content (AvgIpc) is 3.09. The van der Waals surface area contributed by atoms with E-state index >= 15 is 4.39 Å². The Morgan fingerprint density at radius 1 is 1.03 bits per heavy atom. The van der Waals surface area contributed by atoms with E-state index in [-0.39, 0.29) is 5.69 Å². The molecule has 1 N–H and O–H groups in total. The van der Waals surface area contributed by atoms with E-state index in [0.29, 0.717) is 17.8 Å². The number of aromatic nitrogens is 1. The van der Waals surface area contributed by atoms with Gasteiger partial charge in [0.05, 0.1) is 7.11 Å². The van der Waals surface area contributed by atoms with Crippen LogP contribution >= 0.6 is 0 Å². The van der Waals surface area contributed by atoms with Crippen LogP contribution in [0.1, 0.15) is 16.1 Å². The van der Waals surface area contributed by atoms with Gasteiger partial charge in [0.1, 0.15) is 11.3 Å². The number of alkyl halides is 5. The summed E-state index contributed by atoms with van der Waals surface area (Å²) in [6.07, 6.45) is -8.19. The zero-order valence-electron chi connectivity index (χ0n) is 18.5. The van der Waals surface area contributed by atoms with Crippen LogP contribution in [-0.2, 0) is 0 Å². The minimum atomic E-state index is -5.24. The van der Waals surface area contributed by atoms with E-state index in [4.69, 9.17) is 9.47 Å². The molecule has 0 bridgehead atoms. The summed E-state index contributed by atoms with van der Waals surface area (Å²) >= 11 is 0. The number of methoxy groups -OCH3 is 1. The Kier molecular flexibility index (Phi) is 6.39. The van der Waals surface area contributed by atoms with Crippen molar-refractivity contribution in [2.24, 2.45) is 0 Å². The van der Waals surface area contributed by atoms with Gasteiger partial charge in [-0.05, 0) is 31.2 Å². The highest BCUT2D eigenvalue weighted by atomic mass is 19.4. The molecule has 37 heavy (non-hydrogen) atoms. The van der Waals surface area contributed by atoms with Crippen molar-refractivity contribution in [2.75, 3.05) is 12.4 Å². The Morgan fingerprint density at radius 2 is 1.73 bits per heavy atom. The van der Waals surface area contributed by atoms with Crippen LogP contribution < -0.4 is 29.0 Å². The van der Waals surface area contributed by atoms with E-state index in [1.54, 1.807) is 6.92 Å². The standard InChI is InChI=1S/C22H13F7N2O6/c1-9-7-10(5-6-30-9)31-20(32)15-13(8-14-19(17(15)24)37-22(28,29)36-14)34-12-4-3-11(35-21(25,26)27)16(23)18(12)33-2/h3-8H,1-2H3,(H,30,31,32). The van der Waals surface area contributed by atoms with Crippen LogP contribution in [0.15, 0.2) is 36.5 Å². The fraction of sp³-hybridized carbons (Fsp3) is 0.182. The molecule has 0 aliphatic carbocycles. The number of carbonyl (C=O) groups excluding carboxylic acids is 1. The van der Waals surface area contributed by atoms with Gasteiger partial charge in [-0.25, -0.2) is 4.39 Å². The number of hydrogen-bond acceptors (Lipinski definition) is 7. The number of anilines is 1. The zero-order chi connectivity index (χ0) is 27.1. The summed E-state index contributed by atoms with van der Waals surface area (Å²) in [4.78, 5) is 16.9. The number of nitrogens with zero attached hydrogens (tertiary/aromatic N) is 1. The number of amides is 1. The molecule has 0 saturated carbocycles. The molecule has 4 rings (SSSR count). The number of aryl methyl sites for hydroxylation is 1. The highest BCUT2D eigenvalue weighted by Gasteiger charge is 2.47. The smallest absolute Gasteiger partial charge is 0.490 e. The Bertz CT molecular complexity index is 1380. The van der Waals surface area contributed by atoms with Crippen molar-refractivity contribution >= 4 is 11.6 Å². The number of rotatable bonds is 6. The van der Waals surface area contributed by atoms with Gasteiger partial charge in [-0.1, -0.05) is 0 Å². The van der Waals surface area contributed by atoms with Gasteiger partial charge < -0.3 is 29.0 Å².